The van der Waals surface area contributed by atoms with Gasteiger partial charge in [-0.25, -0.2) is 4.98 Å². The van der Waals surface area contributed by atoms with Crippen LogP contribution in [0.4, 0.5) is 5.82 Å². The van der Waals surface area contributed by atoms with Gasteiger partial charge in [-0.3, -0.25) is 0 Å². The Morgan fingerprint density at radius 1 is 0.760 bits per heavy atom. The number of phenolic OH excluding ortho intramolecular Hbond substituents is 1. The maximum Gasteiger partial charge on any atom is 0.139 e. The van der Waals surface area contributed by atoms with Crippen molar-refractivity contribution in [1.82, 2.24) is 9.97 Å². The maximum absolute atomic E-state index is 9.64. The van der Waals surface area contributed by atoms with Crippen molar-refractivity contribution in [2.45, 2.75) is 0 Å². The molecule has 0 bridgehead atoms. The lowest BCUT2D eigenvalue weighted by atomic mass is 10.1. The Labute approximate surface area is 144 Å². The highest BCUT2D eigenvalue weighted by atomic mass is 16.3. The molecule has 0 aliphatic heterocycles. The smallest absolute Gasteiger partial charge is 0.139 e. The number of benzene rings is 3. The van der Waals surface area contributed by atoms with Crippen LogP contribution < -0.4 is 5.73 Å². The van der Waals surface area contributed by atoms with Gasteiger partial charge in [-0.15, -0.1) is 0 Å². The minimum absolute atomic E-state index is 0.304. The first-order valence-corrected chi connectivity index (χ1v) is 8.02. The number of para-hydroxylation sites is 3. The number of nitrogen functional groups attached to an aromatic ring is 1. The number of nitrogens with zero attached hydrogens (tertiary/aromatic N) is 1. The van der Waals surface area contributed by atoms with Crippen LogP contribution in [-0.2, 0) is 0 Å². The number of pyridine rings is 1. The van der Waals surface area contributed by atoms with E-state index in [1.54, 1.807) is 6.07 Å². The molecule has 5 aromatic rings. The van der Waals surface area contributed by atoms with Crippen LogP contribution in [-0.4, -0.2) is 15.1 Å². The summed E-state index contributed by atoms with van der Waals surface area (Å²) in [7, 11) is 0. The highest BCUT2D eigenvalue weighted by Gasteiger charge is 2.05. The second-order valence-electron chi connectivity index (χ2n) is 5.80. The third kappa shape index (κ3) is 2.85. The van der Waals surface area contributed by atoms with E-state index in [0.29, 0.717) is 11.6 Å². The van der Waals surface area contributed by atoms with Gasteiger partial charge in [-0.05, 0) is 30.3 Å². The number of nitrogens with one attached hydrogen (secondary N) is 1. The summed E-state index contributed by atoms with van der Waals surface area (Å²) < 4.78 is 0. The first kappa shape index (κ1) is 15.0. The van der Waals surface area contributed by atoms with E-state index in [9.17, 15) is 5.11 Å². The molecule has 0 spiro atoms. The molecule has 122 valence electrons. The third-order valence-corrected chi connectivity index (χ3v) is 4.14. The largest absolute Gasteiger partial charge is 0.506 e. The van der Waals surface area contributed by atoms with Crippen molar-refractivity contribution in [2.24, 2.45) is 0 Å². The molecule has 0 saturated heterocycles. The van der Waals surface area contributed by atoms with E-state index < -0.39 is 0 Å². The van der Waals surface area contributed by atoms with E-state index in [1.807, 2.05) is 72.8 Å². The minimum atomic E-state index is 0.304. The van der Waals surface area contributed by atoms with Crippen LogP contribution in [0, 0.1) is 0 Å². The first-order valence-electron chi connectivity index (χ1n) is 8.02. The fourth-order valence-corrected chi connectivity index (χ4v) is 2.94. The topological polar surface area (TPSA) is 74.9 Å². The number of aromatic hydroxyl groups is 1. The number of anilines is 1. The van der Waals surface area contributed by atoms with E-state index in [4.69, 9.17) is 5.73 Å². The summed E-state index contributed by atoms with van der Waals surface area (Å²) in [6, 6.07) is 25.3. The van der Waals surface area contributed by atoms with Gasteiger partial charge in [0.05, 0.1) is 11.0 Å². The summed E-state index contributed by atoms with van der Waals surface area (Å²) in [6.07, 6.45) is 0. The average molecular weight is 327 g/mol. The van der Waals surface area contributed by atoms with Gasteiger partial charge in [0.2, 0.25) is 0 Å². The molecule has 0 saturated carbocycles. The van der Waals surface area contributed by atoms with Gasteiger partial charge in [0.25, 0.3) is 0 Å². The zero-order valence-corrected chi connectivity index (χ0v) is 13.5. The zero-order chi connectivity index (χ0) is 17.2. The Morgan fingerprint density at radius 3 is 2.44 bits per heavy atom. The molecule has 0 radical (unpaired) electrons. The Balaban J connectivity index is 0.000000129. The van der Waals surface area contributed by atoms with Gasteiger partial charge in [0.15, 0.2) is 0 Å². The number of aromatic nitrogens is 2. The summed E-state index contributed by atoms with van der Waals surface area (Å²) in [5, 5.41) is 13.0. The molecule has 4 N–H and O–H groups in total. The molecule has 5 rings (SSSR count). The van der Waals surface area contributed by atoms with E-state index in [2.05, 4.69) is 9.97 Å². The van der Waals surface area contributed by atoms with Crippen LogP contribution in [0.2, 0.25) is 0 Å². The maximum atomic E-state index is 9.64. The van der Waals surface area contributed by atoms with Crippen molar-refractivity contribution >= 4 is 38.5 Å². The van der Waals surface area contributed by atoms with Crippen LogP contribution in [0.3, 0.4) is 0 Å². The number of hydrogen-bond donors (Lipinski definition) is 3. The molecule has 0 unspecified atom stereocenters. The van der Waals surface area contributed by atoms with Gasteiger partial charge in [-0.2, -0.15) is 0 Å². The Morgan fingerprint density at radius 2 is 1.52 bits per heavy atom. The van der Waals surface area contributed by atoms with E-state index >= 15 is 0 Å². The molecule has 4 nitrogen and oxygen atoms in total. The van der Waals surface area contributed by atoms with Gasteiger partial charge in [0.1, 0.15) is 11.6 Å². The van der Waals surface area contributed by atoms with E-state index in [-0.39, 0.29) is 0 Å². The molecule has 3 aromatic carbocycles. The second-order valence-corrected chi connectivity index (χ2v) is 5.80. The lowest BCUT2D eigenvalue weighted by Crippen LogP contribution is -1.88. The van der Waals surface area contributed by atoms with Crippen molar-refractivity contribution in [3.8, 4) is 5.75 Å². The summed E-state index contributed by atoms with van der Waals surface area (Å²) >= 11 is 0. The van der Waals surface area contributed by atoms with Crippen molar-refractivity contribution in [3.63, 3.8) is 0 Å². The fraction of sp³-hybridized carbons (Fsp3) is 0. The van der Waals surface area contributed by atoms with Crippen LogP contribution in [0.15, 0.2) is 78.9 Å². The molecule has 0 aliphatic carbocycles. The molecular weight excluding hydrogens is 310 g/mol. The molecule has 0 amide bonds. The monoisotopic (exact) mass is 327 g/mol. The van der Waals surface area contributed by atoms with Gasteiger partial charge < -0.3 is 15.8 Å². The third-order valence-electron chi connectivity index (χ3n) is 4.14. The minimum Gasteiger partial charge on any atom is -0.506 e. The number of phenols is 1. The fourth-order valence-electron chi connectivity index (χ4n) is 2.94. The van der Waals surface area contributed by atoms with E-state index in [0.717, 1.165) is 32.7 Å². The van der Waals surface area contributed by atoms with Crippen molar-refractivity contribution in [2.75, 3.05) is 5.73 Å². The predicted molar refractivity (Wildman–Crippen MR) is 104 cm³/mol. The molecule has 25 heavy (non-hydrogen) atoms. The Kier molecular flexibility index (Phi) is 3.71. The van der Waals surface area contributed by atoms with Crippen LogP contribution in [0.25, 0.3) is 32.7 Å². The summed E-state index contributed by atoms with van der Waals surface area (Å²) in [4.78, 5) is 7.35. The molecular formula is C21H17N3O. The second kappa shape index (κ2) is 6.17. The lowest BCUT2D eigenvalue weighted by molar-refractivity contribution is 0.480. The Bertz CT molecular complexity index is 1180. The molecule has 4 heteroatoms. The molecule has 2 heterocycles. The first-order chi connectivity index (χ1) is 12.2. The van der Waals surface area contributed by atoms with Crippen molar-refractivity contribution in [3.05, 3.63) is 78.9 Å². The molecule has 0 fully saturated rings. The summed E-state index contributed by atoms with van der Waals surface area (Å²) in [6.45, 7) is 0. The van der Waals surface area contributed by atoms with Gasteiger partial charge in [-0.1, -0.05) is 48.5 Å². The standard InChI is InChI=1S/C12H9NO.C9H8N2/c14-11-7-3-5-9-8-4-1-2-6-10(8)13-12(9)11;10-9-6-5-7-3-1-2-4-8(7)11-9/h1-7,13-14H;1-6H,(H2,10,11). The molecule has 0 atom stereocenters. The van der Waals surface area contributed by atoms with Crippen molar-refractivity contribution < 1.29 is 5.11 Å². The average Bonchev–Trinajstić information content (AvgIpc) is 3.03. The summed E-state index contributed by atoms with van der Waals surface area (Å²) in [5.74, 6) is 0.877. The normalized spacial score (nSPS) is 10.7. The number of H-pyrrole nitrogens is 1. The highest BCUT2D eigenvalue weighted by Crippen LogP contribution is 2.30. The molecule has 2 aromatic heterocycles. The molecule has 0 aliphatic rings. The Hall–Kier alpha value is -3.53. The number of fused-ring (bicyclic) bond motifs is 4. The summed E-state index contributed by atoms with van der Waals surface area (Å²) in [5.41, 5.74) is 8.34. The van der Waals surface area contributed by atoms with Gasteiger partial charge >= 0.3 is 0 Å². The van der Waals surface area contributed by atoms with Crippen LogP contribution in [0.1, 0.15) is 0 Å². The SMILES string of the molecule is Nc1ccc2ccccc2n1.Oc1cccc2c1[nH]c1ccccc12. The predicted octanol–water partition coefficient (Wildman–Crippen LogP) is 4.84. The number of rotatable bonds is 0. The lowest BCUT2D eigenvalue weighted by Gasteiger charge is -1.95. The van der Waals surface area contributed by atoms with Crippen LogP contribution >= 0.6 is 0 Å². The zero-order valence-electron chi connectivity index (χ0n) is 13.5. The number of hydrogen-bond acceptors (Lipinski definition) is 3. The van der Waals surface area contributed by atoms with Crippen molar-refractivity contribution in [1.29, 1.82) is 0 Å². The quantitative estimate of drug-likeness (QED) is 0.381. The number of aromatic amines is 1. The van der Waals surface area contributed by atoms with E-state index in [1.165, 1.54) is 0 Å². The van der Waals surface area contributed by atoms with Gasteiger partial charge in [0, 0.05) is 21.7 Å². The number of nitrogens with two attached hydrogens (primary N) is 1. The van der Waals surface area contributed by atoms with Crippen LogP contribution in [0.5, 0.6) is 5.75 Å². The highest BCUT2D eigenvalue weighted by molar-refractivity contribution is 6.08.